The van der Waals surface area contributed by atoms with Crippen molar-refractivity contribution < 1.29 is 9.47 Å². The average Bonchev–Trinajstić information content (AvgIpc) is 3.08. The molecular weight excluding hydrogens is 340 g/mol. The number of rotatable bonds is 5. The number of hydrogen-bond donors (Lipinski definition) is 1. The molecule has 4 aromatic rings. The van der Waals surface area contributed by atoms with Crippen molar-refractivity contribution in [3.63, 3.8) is 0 Å². The van der Waals surface area contributed by atoms with Crippen molar-refractivity contribution >= 4 is 11.5 Å². The van der Waals surface area contributed by atoms with Crippen molar-refractivity contribution in [2.45, 2.75) is 6.61 Å². The predicted molar refractivity (Wildman–Crippen MR) is 106 cm³/mol. The second-order valence-electron chi connectivity index (χ2n) is 6.14. The molecule has 2 aromatic heterocycles. The fourth-order valence-electron chi connectivity index (χ4n) is 3.18. The fraction of sp³-hybridized carbons (Fsp3) is 0.143. The minimum atomic E-state index is 0.380. The third-order valence-corrected chi connectivity index (χ3v) is 4.50. The van der Waals surface area contributed by atoms with E-state index in [1.165, 1.54) is 0 Å². The molecule has 136 valence electrons. The largest absolute Gasteiger partial charge is 0.497 e. The first-order chi connectivity index (χ1) is 13.2. The SMILES string of the molecule is COCc1nn2c(N)c(-c3ccc(OC)cc3)cnc2c1-c1ccccc1. The molecule has 0 aliphatic carbocycles. The highest BCUT2D eigenvalue weighted by atomic mass is 16.5. The first-order valence-electron chi connectivity index (χ1n) is 8.57. The quantitative estimate of drug-likeness (QED) is 0.586. The fourth-order valence-corrected chi connectivity index (χ4v) is 3.18. The lowest BCUT2D eigenvalue weighted by Gasteiger charge is -2.08. The first-order valence-corrected chi connectivity index (χ1v) is 8.57. The van der Waals surface area contributed by atoms with Gasteiger partial charge in [0, 0.05) is 18.9 Å². The molecule has 0 bridgehead atoms. The molecule has 2 N–H and O–H groups in total. The Balaban J connectivity index is 1.90. The molecule has 0 radical (unpaired) electrons. The van der Waals surface area contributed by atoms with Crippen molar-refractivity contribution in [3.05, 3.63) is 66.5 Å². The van der Waals surface area contributed by atoms with Crippen LogP contribution in [0.25, 0.3) is 27.9 Å². The van der Waals surface area contributed by atoms with Gasteiger partial charge in [-0.15, -0.1) is 0 Å². The van der Waals surface area contributed by atoms with Gasteiger partial charge in [0.05, 0.1) is 25.0 Å². The van der Waals surface area contributed by atoms with E-state index in [1.54, 1.807) is 24.9 Å². The van der Waals surface area contributed by atoms with E-state index < -0.39 is 0 Å². The van der Waals surface area contributed by atoms with Crippen LogP contribution in [0, 0.1) is 0 Å². The number of nitrogens with zero attached hydrogens (tertiary/aromatic N) is 3. The molecule has 0 amide bonds. The van der Waals surface area contributed by atoms with E-state index in [0.717, 1.165) is 33.7 Å². The normalized spacial score (nSPS) is 11.0. The summed E-state index contributed by atoms with van der Waals surface area (Å²) in [6.07, 6.45) is 1.79. The van der Waals surface area contributed by atoms with Gasteiger partial charge in [0.25, 0.3) is 0 Å². The third-order valence-electron chi connectivity index (χ3n) is 4.50. The van der Waals surface area contributed by atoms with Crippen LogP contribution in [0.15, 0.2) is 60.8 Å². The van der Waals surface area contributed by atoms with Gasteiger partial charge in [-0.25, -0.2) is 4.98 Å². The predicted octanol–water partition coefficient (Wildman–Crippen LogP) is 3.80. The lowest BCUT2D eigenvalue weighted by atomic mass is 10.1. The van der Waals surface area contributed by atoms with E-state index in [1.807, 2.05) is 54.6 Å². The Hall–Kier alpha value is -3.38. The third kappa shape index (κ3) is 3.00. The molecule has 0 unspecified atom stereocenters. The summed E-state index contributed by atoms with van der Waals surface area (Å²) in [5.74, 6) is 1.32. The maximum Gasteiger partial charge on any atom is 0.165 e. The molecule has 27 heavy (non-hydrogen) atoms. The standard InChI is InChI=1S/C21H20N4O2/c1-26-13-18-19(15-6-4-3-5-7-15)21-23-12-17(20(22)25(21)24-18)14-8-10-16(27-2)11-9-14/h3-12H,13,22H2,1-2H3. The van der Waals surface area contributed by atoms with Crippen LogP contribution in [0.1, 0.15) is 5.69 Å². The number of fused-ring (bicyclic) bond motifs is 1. The van der Waals surface area contributed by atoms with Crippen LogP contribution >= 0.6 is 0 Å². The summed E-state index contributed by atoms with van der Waals surface area (Å²) in [4.78, 5) is 4.67. The number of nitrogen functional groups attached to an aromatic ring is 1. The molecule has 0 atom stereocenters. The minimum Gasteiger partial charge on any atom is -0.497 e. The van der Waals surface area contributed by atoms with Gasteiger partial charge in [-0.05, 0) is 23.3 Å². The lowest BCUT2D eigenvalue weighted by molar-refractivity contribution is 0.181. The van der Waals surface area contributed by atoms with Crippen LogP contribution in [0.4, 0.5) is 5.82 Å². The van der Waals surface area contributed by atoms with E-state index in [-0.39, 0.29) is 0 Å². The molecule has 2 heterocycles. The molecular formula is C21H20N4O2. The van der Waals surface area contributed by atoms with Crippen LogP contribution < -0.4 is 10.5 Å². The van der Waals surface area contributed by atoms with Gasteiger partial charge in [0.2, 0.25) is 0 Å². The van der Waals surface area contributed by atoms with E-state index in [2.05, 4.69) is 10.1 Å². The summed E-state index contributed by atoms with van der Waals surface area (Å²) >= 11 is 0. The van der Waals surface area contributed by atoms with Gasteiger partial charge in [-0.3, -0.25) is 0 Å². The smallest absolute Gasteiger partial charge is 0.165 e. The first kappa shape index (κ1) is 17.1. The summed E-state index contributed by atoms with van der Waals surface area (Å²) in [6.45, 7) is 0.380. The van der Waals surface area contributed by atoms with Gasteiger partial charge >= 0.3 is 0 Å². The highest BCUT2D eigenvalue weighted by Crippen LogP contribution is 2.33. The second-order valence-corrected chi connectivity index (χ2v) is 6.14. The zero-order chi connectivity index (χ0) is 18.8. The van der Waals surface area contributed by atoms with E-state index in [0.29, 0.717) is 18.1 Å². The van der Waals surface area contributed by atoms with E-state index in [9.17, 15) is 0 Å². The number of nitrogens with two attached hydrogens (primary N) is 1. The van der Waals surface area contributed by atoms with Gasteiger partial charge in [-0.2, -0.15) is 9.61 Å². The van der Waals surface area contributed by atoms with Crippen LogP contribution in [0.3, 0.4) is 0 Å². The number of anilines is 1. The zero-order valence-electron chi connectivity index (χ0n) is 15.2. The Morgan fingerprint density at radius 2 is 1.70 bits per heavy atom. The van der Waals surface area contributed by atoms with Crippen LogP contribution in [-0.2, 0) is 11.3 Å². The van der Waals surface area contributed by atoms with E-state index in [4.69, 9.17) is 15.2 Å². The second kappa shape index (κ2) is 7.09. The number of benzene rings is 2. The van der Waals surface area contributed by atoms with Crippen molar-refractivity contribution in [2.75, 3.05) is 20.0 Å². The molecule has 0 aliphatic rings. The van der Waals surface area contributed by atoms with E-state index >= 15 is 0 Å². The number of ether oxygens (including phenoxy) is 2. The van der Waals surface area contributed by atoms with Crippen LogP contribution in [0.5, 0.6) is 5.75 Å². The Labute approximate surface area is 157 Å². The summed E-state index contributed by atoms with van der Waals surface area (Å²) in [6, 6.07) is 17.7. The van der Waals surface area contributed by atoms with Gasteiger partial charge in [-0.1, -0.05) is 42.5 Å². The maximum absolute atomic E-state index is 6.47. The van der Waals surface area contributed by atoms with Gasteiger partial charge in [0.1, 0.15) is 11.6 Å². The van der Waals surface area contributed by atoms with Crippen molar-refractivity contribution in [1.82, 2.24) is 14.6 Å². The molecule has 2 aromatic carbocycles. The minimum absolute atomic E-state index is 0.380. The molecule has 6 nitrogen and oxygen atoms in total. The average molecular weight is 360 g/mol. The topological polar surface area (TPSA) is 74.7 Å². The Bertz CT molecular complexity index is 1070. The summed E-state index contributed by atoms with van der Waals surface area (Å²) in [5, 5.41) is 4.68. The molecule has 0 saturated carbocycles. The Morgan fingerprint density at radius 1 is 0.963 bits per heavy atom. The molecule has 0 fully saturated rings. The highest BCUT2D eigenvalue weighted by Gasteiger charge is 2.19. The van der Waals surface area contributed by atoms with Crippen molar-refractivity contribution in [1.29, 1.82) is 0 Å². The van der Waals surface area contributed by atoms with Crippen molar-refractivity contribution in [3.8, 4) is 28.0 Å². The van der Waals surface area contributed by atoms with Gasteiger partial charge in [0.15, 0.2) is 5.65 Å². The molecule has 4 rings (SSSR count). The lowest BCUT2D eigenvalue weighted by Crippen LogP contribution is -2.03. The van der Waals surface area contributed by atoms with Crippen LogP contribution in [-0.4, -0.2) is 28.8 Å². The maximum atomic E-state index is 6.47. The molecule has 0 spiro atoms. The highest BCUT2D eigenvalue weighted by molar-refractivity contribution is 5.84. The zero-order valence-corrected chi connectivity index (χ0v) is 15.2. The summed E-state index contributed by atoms with van der Waals surface area (Å²) < 4.78 is 12.3. The van der Waals surface area contributed by atoms with Crippen LogP contribution in [0.2, 0.25) is 0 Å². The number of hydrogen-bond acceptors (Lipinski definition) is 5. The number of methoxy groups -OCH3 is 2. The summed E-state index contributed by atoms with van der Waals surface area (Å²) in [5.41, 5.74) is 11.7. The molecule has 6 heteroatoms. The Kier molecular flexibility index (Phi) is 4.48. The van der Waals surface area contributed by atoms with Gasteiger partial charge < -0.3 is 15.2 Å². The summed E-state index contributed by atoms with van der Waals surface area (Å²) in [7, 11) is 3.29. The Morgan fingerprint density at radius 3 is 2.37 bits per heavy atom. The molecule has 0 saturated heterocycles. The number of aromatic nitrogens is 3. The molecule has 0 aliphatic heterocycles. The monoisotopic (exact) mass is 360 g/mol. The van der Waals surface area contributed by atoms with Crippen molar-refractivity contribution in [2.24, 2.45) is 0 Å².